The molecule has 2 amide bonds. The van der Waals surface area contributed by atoms with Crippen molar-refractivity contribution < 1.29 is 14.3 Å². The van der Waals surface area contributed by atoms with Crippen LogP contribution in [0.3, 0.4) is 0 Å². The molecule has 1 N–H and O–H groups in total. The zero-order chi connectivity index (χ0) is 18.7. The molecule has 2 aromatic carbocycles. The Morgan fingerprint density at radius 1 is 1.19 bits per heavy atom. The Hall–Kier alpha value is -2.82. The van der Waals surface area contributed by atoms with Crippen LogP contribution in [0.1, 0.15) is 24.5 Å². The molecule has 0 aromatic heterocycles. The number of anilines is 2. The first-order valence-corrected chi connectivity index (χ1v) is 8.89. The average molecular weight is 352 g/mol. The number of nitrogens with zero attached hydrogens (tertiary/aromatic N) is 1. The van der Waals surface area contributed by atoms with E-state index in [1.165, 1.54) is 0 Å². The lowest BCUT2D eigenvalue weighted by molar-refractivity contribution is -0.122. The lowest BCUT2D eigenvalue weighted by Crippen LogP contribution is -2.28. The minimum atomic E-state index is -0.377. The molecule has 3 rings (SSSR count). The highest BCUT2D eigenvalue weighted by atomic mass is 16.5. The van der Waals surface area contributed by atoms with Crippen molar-refractivity contribution in [1.82, 2.24) is 0 Å². The molecule has 5 heteroatoms. The van der Waals surface area contributed by atoms with Crippen molar-refractivity contribution in [1.29, 1.82) is 0 Å². The Kier molecular flexibility index (Phi) is 5.26. The van der Waals surface area contributed by atoms with Crippen molar-refractivity contribution in [3.05, 3.63) is 53.6 Å². The summed E-state index contributed by atoms with van der Waals surface area (Å²) in [6.07, 6.45) is 0.218. The number of hydrogen-bond acceptors (Lipinski definition) is 3. The van der Waals surface area contributed by atoms with Crippen LogP contribution in [0, 0.1) is 19.8 Å². The number of rotatable bonds is 5. The number of ether oxygens (including phenoxy) is 1. The Balaban J connectivity index is 1.73. The maximum absolute atomic E-state index is 12.7. The molecule has 1 heterocycles. The first kappa shape index (κ1) is 18.0. The van der Waals surface area contributed by atoms with Gasteiger partial charge in [-0.3, -0.25) is 9.59 Å². The van der Waals surface area contributed by atoms with Gasteiger partial charge in [-0.05, 0) is 56.2 Å². The molecule has 5 nitrogen and oxygen atoms in total. The largest absolute Gasteiger partial charge is 0.492 e. The molecular formula is C21H24N2O3. The van der Waals surface area contributed by atoms with E-state index >= 15 is 0 Å². The van der Waals surface area contributed by atoms with Gasteiger partial charge in [0.25, 0.3) is 0 Å². The molecule has 136 valence electrons. The summed E-state index contributed by atoms with van der Waals surface area (Å²) in [5.74, 6) is 0.0856. The molecule has 1 aliphatic heterocycles. The van der Waals surface area contributed by atoms with Crippen molar-refractivity contribution in [2.24, 2.45) is 5.92 Å². The fourth-order valence-electron chi connectivity index (χ4n) is 3.33. The number of aryl methyl sites for hydroxylation is 2. The molecule has 1 unspecified atom stereocenters. The first-order valence-electron chi connectivity index (χ1n) is 8.89. The Morgan fingerprint density at radius 3 is 2.58 bits per heavy atom. The van der Waals surface area contributed by atoms with E-state index in [0.29, 0.717) is 24.6 Å². The van der Waals surface area contributed by atoms with Crippen LogP contribution < -0.4 is 15.0 Å². The molecule has 1 fully saturated rings. The number of benzene rings is 2. The van der Waals surface area contributed by atoms with Gasteiger partial charge in [-0.25, -0.2) is 0 Å². The third kappa shape index (κ3) is 3.87. The van der Waals surface area contributed by atoms with Gasteiger partial charge in [0, 0.05) is 18.7 Å². The quantitative estimate of drug-likeness (QED) is 0.893. The van der Waals surface area contributed by atoms with Crippen LogP contribution in [0.15, 0.2) is 42.5 Å². The molecule has 26 heavy (non-hydrogen) atoms. The molecular weight excluding hydrogens is 328 g/mol. The predicted octanol–water partition coefficient (Wildman–Crippen LogP) is 3.69. The number of carbonyl (C=O) groups is 2. The van der Waals surface area contributed by atoms with E-state index in [9.17, 15) is 9.59 Å². The number of para-hydroxylation sites is 2. The summed E-state index contributed by atoms with van der Waals surface area (Å²) in [6, 6.07) is 13.4. The van der Waals surface area contributed by atoms with Gasteiger partial charge >= 0.3 is 0 Å². The maximum Gasteiger partial charge on any atom is 0.229 e. The summed E-state index contributed by atoms with van der Waals surface area (Å²) in [5.41, 5.74) is 3.70. The third-order valence-corrected chi connectivity index (χ3v) is 4.46. The van der Waals surface area contributed by atoms with E-state index in [1.807, 2.05) is 51.1 Å². The monoisotopic (exact) mass is 352 g/mol. The van der Waals surface area contributed by atoms with Gasteiger partial charge < -0.3 is 15.0 Å². The van der Waals surface area contributed by atoms with Crippen LogP contribution in [0.4, 0.5) is 11.4 Å². The van der Waals surface area contributed by atoms with Gasteiger partial charge in [0.05, 0.1) is 18.2 Å². The summed E-state index contributed by atoms with van der Waals surface area (Å²) in [4.78, 5) is 26.8. The molecule has 1 aliphatic rings. The highest BCUT2D eigenvalue weighted by Crippen LogP contribution is 2.29. The van der Waals surface area contributed by atoms with Crippen LogP contribution in [0.5, 0.6) is 5.75 Å². The fraction of sp³-hybridized carbons (Fsp3) is 0.333. The smallest absolute Gasteiger partial charge is 0.229 e. The number of amides is 2. The molecule has 1 saturated heterocycles. The maximum atomic E-state index is 12.7. The SMILES string of the molecule is CCOc1ccccc1NC(=O)C1CC(=O)N(c2cc(C)cc(C)c2)C1. The minimum absolute atomic E-state index is 0.0201. The summed E-state index contributed by atoms with van der Waals surface area (Å²) in [5, 5.41) is 2.91. The van der Waals surface area contributed by atoms with E-state index in [2.05, 4.69) is 11.4 Å². The standard InChI is InChI=1S/C21H24N2O3/c1-4-26-19-8-6-5-7-18(19)22-21(25)16-12-20(24)23(13-16)17-10-14(2)9-15(3)11-17/h5-11,16H,4,12-13H2,1-3H3,(H,22,25). The van der Waals surface area contributed by atoms with Crippen LogP contribution >= 0.6 is 0 Å². The van der Waals surface area contributed by atoms with E-state index in [0.717, 1.165) is 16.8 Å². The second-order valence-electron chi connectivity index (χ2n) is 6.67. The van der Waals surface area contributed by atoms with Crippen molar-refractivity contribution in [3.63, 3.8) is 0 Å². The predicted molar refractivity (Wildman–Crippen MR) is 103 cm³/mol. The van der Waals surface area contributed by atoms with E-state index in [1.54, 1.807) is 11.0 Å². The molecule has 0 radical (unpaired) electrons. The van der Waals surface area contributed by atoms with Gasteiger partial charge in [0.15, 0.2) is 0 Å². The number of carbonyl (C=O) groups excluding carboxylic acids is 2. The second kappa shape index (κ2) is 7.60. The summed E-state index contributed by atoms with van der Waals surface area (Å²) >= 11 is 0. The van der Waals surface area contributed by atoms with Gasteiger partial charge in [-0.2, -0.15) is 0 Å². The van der Waals surface area contributed by atoms with Gasteiger partial charge in [-0.15, -0.1) is 0 Å². The second-order valence-corrected chi connectivity index (χ2v) is 6.67. The lowest BCUT2D eigenvalue weighted by atomic mass is 10.1. The first-order chi connectivity index (χ1) is 12.5. The van der Waals surface area contributed by atoms with Gasteiger partial charge in [0.2, 0.25) is 11.8 Å². The number of hydrogen-bond donors (Lipinski definition) is 1. The van der Waals surface area contributed by atoms with E-state index < -0.39 is 0 Å². The van der Waals surface area contributed by atoms with E-state index in [-0.39, 0.29) is 24.2 Å². The van der Waals surface area contributed by atoms with Crippen LogP contribution in [-0.2, 0) is 9.59 Å². The fourth-order valence-corrected chi connectivity index (χ4v) is 3.33. The highest BCUT2D eigenvalue weighted by molar-refractivity contribution is 6.04. The summed E-state index contributed by atoms with van der Waals surface area (Å²) in [7, 11) is 0. The molecule has 0 aliphatic carbocycles. The molecule has 0 spiro atoms. The average Bonchev–Trinajstić information content (AvgIpc) is 2.98. The number of nitrogens with one attached hydrogen (secondary N) is 1. The minimum Gasteiger partial charge on any atom is -0.492 e. The summed E-state index contributed by atoms with van der Waals surface area (Å²) in [6.45, 7) is 6.83. The van der Waals surface area contributed by atoms with Crippen LogP contribution in [0.25, 0.3) is 0 Å². The van der Waals surface area contributed by atoms with Crippen LogP contribution in [-0.4, -0.2) is 25.0 Å². The van der Waals surface area contributed by atoms with Crippen LogP contribution in [0.2, 0.25) is 0 Å². The Labute approximate surface area is 154 Å². The van der Waals surface area contributed by atoms with Gasteiger partial charge in [-0.1, -0.05) is 18.2 Å². The van der Waals surface area contributed by atoms with Crippen molar-refractivity contribution in [3.8, 4) is 5.75 Å². The van der Waals surface area contributed by atoms with Crippen molar-refractivity contribution in [2.75, 3.05) is 23.4 Å². The lowest BCUT2D eigenvalue weighted by Gasteiger charge is -2.18. The van der Waals surface area contributed by atoms with Crippen molar-refractivity contribution in [2.45, 2.75) is 27.2 Å². The topological polar surface area (TPSA) is 58.6 Å². The highest BCUT2D eigenvalue weighted by Gasteiger charge is 2.35. The zero-order valence-corrected chi connectivity index (χ0v) is 15.4. The molecule has 1 atom stereocenters. The Morgan fingerprint density at radius 2 is 1.88 bits per heavy atom. The third-order valence-electron chi connectivity index (χ3n) is 4.46. The van der Waals surface area contributed by atoms with E-state index in [4.69, 9.17) is 4.74 Å². The zero-order valence-electron chi connectivity index (χ0n) is 15.4. The molecule has 0 bridgehead atoms. The van der Waals surface area contributed by atoms with Gasteiger partial charge in [0.1, 0.15) is 5.75 Å². The normalized spacial score (nSPS) is 16.7. The Bertz CT molecular complexity index is 812. The molecule has 0 saturated carbocycles. The van der Waals surface area contributed by atoms with Crippen molar-refractivity contribution >= 4 is 23.2 Å². The summed E-state index contributed by atoms with van der Waals surface area (Å²) < 4.78 is 5.55. The molecule has 2 aromatic rings.